The summed E-state index contributed by atoms with van der Waals surface area (Å²) in [6.07, 6.45) is 10.3. The summed E-state index contributed by atoms with van der Waals surface area (Å²) in [6.45, 7) is 16.3. The Balaban J connectivity index is 1.40. The number of fused-ring (bicyclic) bond motifs is 1. The number of imidazole rings is 1. The monoisotopic (exact) mass is 495 g/mol. The SMILES string of the molecule is C=CC1CCN(C(=C)c2ccc(Nc3nccn4c(-c5ccc(CC)c(C)c5F)cnc34)cc2C)CC1. The minimum Gasteiger partial charge on any atom is -0.371 e. The van der Waals surface area contributed by atoms with Crippen molar-refractivity contribution >= 4 is 22.8 Å². The van der Waals surface area contributed by atoms with Gasteiger partial charge in [-0.1, -0.05) is 31.7 Å². The number of hydrogen-bond donors (Lipinski definition) is 1. The molecule has 3 heterocycles. The minimum atomic E-state index is -0.201. The van der Waals surface area contributed by atoms with Crippen LogP contribution in [0.5, 0.6) is 0 Å². The maximum Gasteiger partial charge on any atom is 0.180 e. The second kappa shape index (κ2) is 10.2. The van der Waals surface area contributed by atoms with Crippen molar-refractivity contribution < 1.29 is 4.39 Å². The van der Waals surface area contributed by atoms with E-state index in [1.54, 1.807) is 12.4 Å². The largest absolute Gasteiger partial charge is 0.371 e. The molecule has 1 N–H and O–H groups in total. The van der Waals surface area contributed by atoms with E-state index in [2.05, 4.69) is 58.5 Å². The van der Waals surface area contributed by atoms with E-state index in [1.165, 1.54) is 0 Å². The predicted octanol–water partition coefficient (Wildman–Crippen LogP) is 7.33. The summed E-state index contributed by atoms with van der Waals surface area (Å²) < 4.78 is 17.1. The second-order valence-corrected chi connectivity index (χ2v) is 9.84. The first-order valence-electron chi connectivity index (χ1n) is 13.0. The van der Waals surface area contributed by atoms with Crippen molar-refractivity contribution in [1.82, 2.24) is 19.3 Å². The number of likely N-dealkylation sites (tertiary alicyclic amines) is 1. The third-order valence-corrected chi connectivity index (χ3v) is 7.64. The number of aryl methyl sites for hydroxylation is 2. The van der Waals surface area contributed by atoms with Gasteiger partial charge in [0.15, 0.2) is 11.5 Å². The maximum atomic E-state index is 15.2. The zero-order valence-electron chi connectivity index (χ0n) is 21.9. The molecule has 2 aromatic carbocycles. The Morgan fingerprint density at radius 3 is 2.65 bits per heavy atom. The van der Waals surface area contributed by atoms with Gasteiger partial charge in [-0.25, -0.2) is 14.4 Å². The van der Waals surface area contributed by atoms with Gasteiger partial charge in [-0.3, -0.25) is 4.40 Å². The van der Waals surface area contributed by atoms with Crippen molar-refractivity contribution in [3.8, 4) is 11.3 Å². The first-order chi connectivity index (χ1) is 17.9. The molecule has 4 aromatic rings. The number of benzene rings is 2. The van der Waals surface area contributed by atoms with Gasteiger partial charge in [0.1, 0.15) is 5.82 Å². The zero-order valence-corrected chi connectivity index (χ0v) is 21.9. The highest BCUT2D eigenvalue weighted by Crippen LogP contribution is 2.32. The molecule has 5 nitrogen and oxygen atoms in total. The third kappa shape index (κ3) is 4.64. The predicted molar refractivity (Wildman–Crippen MR) is 150 cm³/mol. The standard InChI is InChI=1S/C31H34FN5/c1-6-23-12-15-36(16-13-23)22(5)26-11-9-25(18-20(26)3)35-30-31-34-19-28(37(31)17-14-33-30)27-10-8-24(7-2)21(4)29(27)32/h6,8-11,14,17-19,23H,1,5,7,12-13,15-16H2,2-4H3,(H,33,35). The molecule has 0 radical (unpaired) electrons. The highest BCUT2D eigenvalue weighted by atomic mass is 19.1. The van der Waals surface area contributed by atoms with Crippen LogP contribution in [0.2, 0.25) is 0 Å². The van der Waals surface area contributed by atoms with Crippen molar-refractivity contribution in [3.05, 3.63) is 96.2 Å². The van der Waals surface area contributed by atoms with E-state index in [0.29, 0.717) is 34.2 Å². The van der Waals surface area contributed by atoms with E-state index in [0.717, 1.165) is 60.4 Å². The van der Waals surface area contributed by atoms with Gasteiger partial charge >= 0.3 is 0 Å². The molecule has 190 valence electrons. The molecule has 0 bridgehead atoms. The molecule has 5 rings (SSSR count). The van der Waals surface area contributed by atoms with Crippen LogP contribution >= 0.6 is 0 Å². The number of allylic oxidation sites excluding steroid dienone is 1. The number of aromatic nitrogens is 3. The lowest BCUT2D eigenvalue weighted by Gasteiger charge is -2.34. The van der Waals surface area contributed by atoms with E-state index < -0.39 is 0 Å². The van der Waals surface area contributed by atoms with Crippen LogP contribution in [-0.4, -0.2) is 32.4 Å². The van der Waals surface area contributed by atoms with Crippen LogP contribution in [0.4, 0.5) is 15.9 Å². The number of anilines is 2. The first kappa shape index (κ1) is 24.8. The van der Waals surface area contributed by atoms with Crippen molar-refractivity contribution in [2.45, 2.75) is 40.0 Å². The van der Waals surface area contributed by atoms with Crippen LogP contribution in [-0.2, 0) is 6.42 Å². The summed E-state index contributed by atoms with van der Waals surface area (Å²) in [7, 11) is 0. The maximum absolute atomic E-state index is 15.2. The van der Waals surface area contributed by atoms with Crippen LogP contribution in [0.15, 0.2) is 68.2 Å². The molecular weight excluding hydrogens is 461 g/mol. The van der Waals surface area contributed by atoms with Crippen molar-refractivity contribution in [2.24, 2.45) is 5.92 Å². The molecule has 0 spiro atoms. The van der Waals surface area contributed by atoms with Crippen molar-refractivity contribution in [2.75, 3.05) is 18.4 Å². The van der Waals surface area contributed by atoms with Gasteiger partial charge in [-0.05, 0) is 73.9 Å². The van der Waals surface area contributed by atoms with Gasteiger partial charge < -0.3 is 10.2 Å². The highest BCUT2D eigenvalue weighted by Gasteiger charge is 2.20. The molecule has 0 atom stereocenters. The summed E-state index contributed by atoms with van der Waals surface area (Å²) >= 11 is 0. The van der Waals surface area contributed by atoms with E-state index in [1.807, 2.05) is 42.6 Å². The van der Waals surface area contributed by atoms with E-state index in [-0.39, 0.29) is 5.82 Å². The van der Waals surface area contributed by atoms with Crippen molar-refractivity contribution in [1.29, 1.82) is 0 Å². The lowest BCUT2D eigenvalue weighted by molar-refractivity contribution is 0.286. The van der Waals surface area contributed by atoms with E-state index in [9.17, 15) is 0 Å². The molecule has 1 aliphatic heterocycles. The zero-order chi connectivity index (χ0) is 26.1. The van der Waals surface area contributed by atoms with Crippen LogP contribution in [0.3, 0.4) is 0 Å². The molecular formula is C31H34FN5. The Bertz CT molecular complexity index is 1480. The molecule has 1 saturated heterocycles. The summed E-state index contributed by atoms with van der Waals surface area (Å²) in [6, 6.07) is 10.1. The van der Waals surface area contributed by atoms with Gasteiger partial charge in [-0.2, -0.15) is 0 Å². The number of hydrogen-bond acceptors (Lipinski definition) is 4. The van der Waals surface area contributed by atoms with Crippen LogP contribution in [0.1, 0.15) is 42.0 Å². The smallest absolute Gasteiger partial charge is 0.180 e. The number of nitrogens with one attached hydrogen (secondary N) is 1. The highest BCUT2D eigenvalue weighted by molar-refractivity contribution is 5.76. The Kier molecular flexibility index (Phi) is 6.83. The number of halogens is 1. The average molecular weight is 496 g/mol. The molecule has 1 fully saturated rings. The van der Waals surface area contributed by atoms with E-state index in [4.69, 9.17) is 0 Å². The van der Waals surface area contributed by atoms with Crippen LogP contribution in [0, 0.1) is 25.6 Å². The topological polar surface area (TPSA) is 45.5 Å². The molecule has 0 unspecified atom stereocenters. The quantitative estimate of drug-likeness (QED) is 0.273. The van der Waals surface area contributed by atoms with Gasteiger partial charge in [0, 0.05) is 48.0 Å². The fraction of sp³-hybridized carbons (Fsp3) is 0.290. The lowest BCUT2D eigenvalue weighted by Crippen LogP contribution is -2.31. The Hall–Kier alpha value is -3.93. The molecule has 0 amide bonds. The molecule has 6 heteroatoms. The second-order valence-electron chi connectivity index (χ2n) is 9.84. The van der Waals surface area contributed by atoms with Gasteiger partial charge in [0.05, 0.1) is 11.9 Å². The summed E-state index contributed by atoms with van der Waals surface area (Å²) in [5.41, 5.74) is 7.86. The normalized spacial score (nSPS) is 14.2. The fourth-order valence-corrected chi connectivity index (χ4v) is 5.29. The summed E-state index contributed by atoms with van der Waals surface area (Å²) in [5.74, 6) is 1.02. The number of piperidine rings is 1. The molecule has 0 saturated carbocycles. The van der Waals surface area contributed by atoms with Crippen LogP contribution in [0.25, 0.3) is 22.6 Å². The molecule has 2 aromatic heterocycles. The van der Waals surface area contributed by atoms with Gasteiger partial charge in [0.2, 0.25) is 0 Å². The average Bonchev–Trinajstić information content (AvgIpc) is 3.35. The Morgan fingerprint density at radius 2 is 1.95 bits per heavy atom. The minimum absolute atomic E-state index is 0.201. The molecule has 1 aliphatic rings. The Morgan fingerprint density at radius 1 is 1.16 bits per heavy atom. The van der Waals surface area contributed by atoms with Gasteiger partial charge in [-0.15, -0.1) is 6.58 Å². The van der Waals surface area contributed by atoms with Gasteiger partial charge in [0.25, 0.3) is 0 Å². The van der Waals surface area contributed by atoms with E-state index >= 15 is 4.39 Å². The molecule has 37 heavy (non-hydrogen) atoms. The van der Waals surface area contributed by atoms with Crippen molar-refractivity contribution in [3.63, 3.8) is 0 Å². The lowest BCUT2D eigenvalue weighted by atomic mass is 9.95. The third-order valence-electron chi connectivity index (χ3n) is 7.64. The number of nitrogens with zero attached hydrogens (tertiary/aromatic N) is 4. The molecule has 0 aliphatic carbocycles. The fourth-order valence-electron chi connectivity index (χ4n) is 5.29. The number of rotatable bonds is 7. The summed E-state index contributed by atoms with van der Waals surface area (Å²) in [5, 5.41) is 3.41. The summed E-state index contributed by atoms with van der Waals surface area (Å²) in [4.78, 5) is 11.5. The van der Waals surface area contributed by atoms with Crippen LogP contribution < -0.4 is 5.32 Å². The Labute approximate surface area is 218 Å². The first-order valence-corrected chi connectivity index (χ1v) is 13.0.